The van der Waals surface area contributed by atoms with Crippen LogP contribution in [-0.4, -0.2) is 26.9 Å². The topological polar surface area (TPSA) is 69.4 Å². The summed E-state index contributed by atoms with van der Waals surface area (Å²) in [7, 11) is -3.28. The van der Waals surface area contributed by atoms with Gasteiger partial charge in [-0.3, -0.25) is 0 Å². The van der Waals surface area contributed by atoms with Gasteiger partial charge in [0.2, 0.25) is 10.0 Å². The summed E-state index contributed by atoms with van der Waals surface area (Å²) in [6.45, 7) is 4.91. The monoisotopic (exact) mass is 237 g/mol. The van der Waals surface area contributed by atoms with Gasteiger partial charge in [-0.25, -0.2) is 13.6 Å². The minimum atomic E-state index is -3.28. The van der Waals surface area contributed by atoms with Gasteiger partial charge >= 0.3 is 0 Å². The first kappa shape index (κ1) is 14.9. The molecule has 0 aliphatic rings. The third kappa shape index (κ3) is 11.8. The van der Waals surface area contributed by atoms with Crippen LogP contribution in [0.25, 0.3) is 0 Å². The van der Waals surface area contributed by atoms with Crippen molar-refractivity contribution in [1.82, 2.24) is 0 Å². The molecule has 0 fully saturated rings. The summed E-state index contributed by atoms with van der Waals surface area (Å²) in [5.41, 5.74) is 0. The standard InChI is InChI=1S/C10H23NO3S/c1-3-7-10(2)14-8-5-4-6-9-15(11,12)13/h10H,3-9H2,1-2H3,(H2,11,12,13). The normalized spacial score (nSPS) is 14.1. The van der Waals surface area contributed by atoms with Crippen molar-refractivity contribution in [2.24, 2.45) is 5.14 Å². The van der Waals surface area contributed by atoms with Gasteiger partial charge in [0.15, 0.2) is 0 Å². The highest BCUT2D eigenvalue weighted by Crippen LogP contribution is 2.03. The highest BCUT2D eigenvalue weighted by atomic mass is 32.2. The van der Waals surface area contributed by atoms with Crippen LogP contribution < -0.4 is 5.14 Å². The first-order valence-corrected chi connectivity index (χ1v) is 7.29. The third-order valence-electron chi connectivity index (χ3n) is 2.17. The first-order chi connectivity index (χ1) is 6.95. The molecule has 1 atom stereocenters. The number of primary sulfonamides is 1. The number of hydrogen-bond donors (Lipinski definition) is 1. The molecular weight excluding hydrogens is 214 g/mol. The molecule has 0 saturated carbocycles. The van der Waals surface area contributed by atoms with Gasteiger partial charge in [-0.2, -0.15) is 0 Å². The predicted octanol–water partition coefficient (Wildman–Crippen LogP) is 1.65. The van der Waals surface area contributed by atoms with E-state index in [-0.39, 0.29) is 5.75 Å². The lowest BCUT2D eigenvalue weighted by Gasteiger charge is -2.11. The van der Waals surface area contributed by atoms with Crippen LogP contribution in [0.3, 0.4) is 0 Å². The summed E-state index contributed by atoms with van der Waals surface area (Å²) in [6.07, 6.45) is 4.92. The molecule has 0 radical (unpaired) electrons. The van der Waals surface area contributed by atoms with Crippen LogP contribution in [-0.2, 0) is 14.8 Å². The molecule has 0 aromatic carbocycles. The maximum absolute atomic E-state index is 10.6. The van der Waals surface area contributed by atoms with Crippen LogP contribution in [0.1, 0.15) is 46.0 Å². The SMILES string of the molecule is CCCC(C)OCCCCCS(N)(=O)=O. The second-order valence-corrected chi connectivity index (χ2v) is 5.63. The second-order valence-electron chi connectivity index (χ2n) is 3.90. The molecule has 5 heteroatoms. The zero-order chi connectivity index (χ0) is 11.7. The van der Waals surface area contributed by atoms with Crippen molar-refractivity contribution in [1.29, 1.82) is 0 Å². The molecular formula is C10H23NO3S. The van der Waals surface area contributed by atoms with Gasteiger partial charge < -0.3 is 4.74 Å². The van der Waals surface area contributed by atoms with E-state index in [1.807, 2.05) is 0 Å². The maximum Gasteiger partial charge on any atom is 0.209 e. The Hall–Kier alpha value is -0.130. The van der Waals surface area contributed by atoms with E-state index >= 15 is 0 Å². The molecule has 0 heterocycles. The van der Waals surface area contributed by atoms with E-state index in [0.29, 0.717) is 19.1 Å². The second kappa shape index (κ2) is 8.07. The van der Waals surface area contributed by atoms with Crippen LogP contribution in [0.2, 0.25) is 0 Å². The van der Waals surface area contributed by atoms with Gasteiger partial charge in [0.1, 0.15) is 0 Å². The van der Waals surface area contributed by atoms with E-state index in [2.05, 4.69) is 13.8 Å². The van der Waals surface area contributed by atoms with E-state index in [1.54, 1.807) is 0 Å². The van der Waals surface area contributed by atoms with Crippen molar-refractivity contribution in [3.63, 3.8) is 0 Å². The molecule has 0 aromatic heterocycles. The van der Waals surface area contributed by atoms with Gasteiger partial charge in [-0.05, 0) is 26.2 Å². The Morgan fingerprint density at radius 1 is 1.27 bits per heavy atom. The lowest BCUT2D eigenvalue weighted by Crippen LogP contribution is -2.16. The number of ether oxygens (including phenoxy) is 1. The molecule has 0 spiro atoms. The molecule has 0 aliphatic heterocycles. The molecule has 0 aliphatic carbocycles. The zero-order valence-electron chi connectivity index (χ0n) is 9.74. The minimum absolute atomic E-state index is 0.0809. The fourth-order valence-electron chi connectivity index (χ4n) is 1.36. The predicted molar refractivity (Wildman–Crippen MR) is 62.1 cm³/mol. The Bertz CT molecular complexity index is 239. The highest BCUT2D eigenvalue weighted by molar-refractivity contribution is 7.89. The van der Waals surface area contributed by atoms with E-state index in [9.17, 15) is 8.42 Å². The zero-order valence-corrected chi connectivity index (χ0v) is 10.6. The first-order valence-electron chi connectivity index (χ1n) is 5.57. The van der Waals surface area contributed by atoms with Gasteiger partial charge in [0.25, 0.3) is 0 Å². The summed E-state index contributed by atoms with van der Waals surface area (Å²) in [4.78, 5) is 0. The number of sulfonamides is 1. The fraction of sp³-hybridized carbons (Fsp3) is 1.00. The van der Waals surface area contributed by atoms with Crippen LogP contribution >= 0.6 is 0 Å². The Balaban J connectivity index is 3.25. The summed E-state index contributed by atoms with van der Waals surface area (Å²) >= 11 is 0. The molecule has 1 unspecified atom stereocenters. The smallest absolute Gasteiger partial charge is 0.209 e. The highest BCUT2D eigenvalue weighted by Gasteiger charge is 2.02. The summed E-state index contributed by atoms with van der Waals surface area (Å²) in [6, 6.07) is 0. The van der Waals surface area contributed by atoms with Crippen LogP contribution in [0.15, 0.2) is 0 Å². The summed E-state index contributed by atoms with van der Waals surface area (Å²) < 4.78 is 26.7. The fourth-order valence-corrected chi connectivity index (χ4v) is 1.96. The largest absolute Gasteiger partial charge is 0.379 e. The Labute approximate surface area is 93.2 Å². The Kier molecular flexibility index (Phi) is 8.00. The third-order valence-corrected chi connectivity index (χ3v) is 3.03. The Morgan fingerprint density at radius 2 is 1.93 bits per heavy atom. The molecule has 0 amide bonds. The lowest BCUT2D eigenvalue weighted by molar-refractivity contribution is 0.0573. The van der Waals surface area contributed by atoms with Gasteiger partial charge in [0, 0.05) is 6.61 Å². The van der Waals surface area contributed by atoms with Crippen LogP contribution in [0.5, 0.6) is 0 Å². The van der Waals surface area contributed by atoms with Crippen molar-refractivity contribution < 1.29 is 13.2 Å². The summed E-state index contributed by atoms with van der Waals surface area (Å²) in [5, 5.41) is 4.88. The number of hydrogen-bond acceptors (Lipinski definition) is 3. The van der Waals surface area contributed by atoms with Crippen molar-refractivity contribution >= 4 is 10.0 Å². The molecule has 2 N–H and O–H groups in total. The van der Waals surface area contributed by atoms with E-state index in [1.165, 1.54) is 0 Å². The molecule has 0 bridgehead atoms. The molecule has 0 aromatic rings. The van der Waals surface area contributed by atoms with Gasteiger partial charge in [-0.15, -0.1) is 0 Å². The van der Waals surface area contributed by atoms with Crippen LogP contribution in [0.4, 0.5) is 0 Å². The quantitative estimate of drug-likeness (QED) is 0.620. The van der Waals surface area contributed by atoms with Crippen molar-refractivity contribution in [2.45, 2.75) is 52.1 Å². The molecule has 92 valence electrons. The average Bonchev–Trinajstić information content (AvgIpc) is 2.09. The van der Waals surface area contributed by atoms with Gasteiger partial charge in [0.05, 0.1) is 11.9 Å². The van der Waals surface area contributed by atoms with Crippen molar-refractivity contribution in [2.75, 3.05) is 12.4 Å². The number of nitrogens with two attached hydrogens (primary N) is 1. The average molecular weight is 237 g/mol. The number of unbranched alkanes of at least 4 members (excludes halogenated alkanes) is 2. The molecule has 0 saturated heterocycles. The molecule has 15 heavy (non-hydrogen) atoms. The van der Waals surface area contributed by atoms with E-state index in [0.717, 1.165) is 25.7 Å². The van der Waals surface area contributed by atoms with Crippen molar-refractivity contribution in [3.8, 4) is 0 Å². The van der Waals surface area contributed by atoms with Crippen molar-refractivity contribution in [3.05, 3.63) is 0 Å². The van der Waals surface area contributed by atoms with Crippen LogP contribution in [0, 0.1) is 0 Å². The molecule has 4 nitrogen and oxygen atoms in total. The number of rotatable bonds is 9. The summed E-state index contributed by atoms with van der Waals surface area (Å²) in [5.74, 6) is 0.0809. The lowest BCUT2D eigenvalue weighted by atomic mass is 10.2. The Morgan fingerprint density at radius 3 is 2.47 bits per heavy atom. The van der Waals surface area contributed by atoms with Gasteiger partial charge in [-0.1, -0.05) is 19.8 Å². The van der Waals surface area contributed by atoms with E-state index in [4.69, 9.17) is 9.88 Å². The molecule has 0 rings (SSSR count). The minimum Gasteiger partial charge on any atom is -0.379 e. The maximum atomic E-state index is 10.6. The van der Waals surface area contributed by atoms with E-state index < -0.39 is 10.0 Å².